The number of hydrogen-bond acceptors (Lipinski definition) is 5. The molecule has 176 valence electrons. The van der Waals surface area contributed by atoms with Crippen molar-refractivity contribution in [2.45, 2.75) is 19.8 Å². The van der Waals surface area contributed by atoms with E-state index in [0.29, 0.717) is 22.7 Å². The molecule has 7 heteroatoms. The number of phenolic OH excluding ortho intramolecular Hbond substituents is 1. The van der Waals surface area contributed by atoms with Crippen LogP contribution in [0.25, 0.3) is 38.7 Å². The largest absolute Gasteiger partial charge is 0.506 e. The van der Waals surface area contributed by atoms with Crippen molar-refractivity contribution in [3.05, 3.63) is 90.8 Å². The molecule has 3 aromatic carbocycles. The van der Waals surface area contributed by atoms with E-state index in [0.717, 1.165) is 27.6 Å². The smallest absolute Gasteiger partial charge is 0.236 e. The van der Waals surface area contributed by atoms with Crippen LogP contribution in [0, 0.1) is 6.07 Å². The maximum Gasteiger partial charge on any atom is 0.236 e. The van der Waals surface area contributed by atoms with Gasteiger partial charge in [-0.3, -0.25) is 0 Å². The van der Waals surface area contributed by atoms with Crippen LogP contribution in [0.15, 0.2) is 79.1 Å². The van der Waals surface area contributed by atoms with E-state index >= 15 is 0 Å². The summed E-state index contributed by atoms with van der Waals surface area (Å²) in [4.78, 5) is 13.5. The van der Waals surface area contributed by atoms with Crippen molar-refractivity contribution in [2.24, 2.45) is 0 Å². The number of fused-ring (bicyclic) bond motifs is 4. The molecule has 0 saturated carbocycles. The first kappa shape index (κ1) is 23.0. The predicted octanol–water partition coefficient (Wildman–Crippen LogP) is 6.54. The van der Waals surface area contributed by atoms with E-state index in [4.69, 9.17) is 4.74 Å². The predicted molar refractivity (Wildman–Crippen MR) is 133 cm³/mol. The molecular weight excluding hydrogens is 619 g/mol. The molecule has 35 heavy (non-hydrogen) atoms. The van der Waals surface area contributed by atoms with E-state index in [1.54, 1.807) is 24.4 Å². The number of pyridine rings is 1. The molecule has 0 saturated heterocycles. The molecule has 0 atom stereocenters. The molecule has 1 N–H and O–H groups in total. The van der Waals surface area contributed by atoms with E-state index in [2.05, 4.69) is 57.6 Å². The Morgan fingerprint density at radius 1 is 0.943 bits per heavy atom. The van der Waals surface area contributed by atoms with Crippen LogP contribution in [0.5, 0.6) is 17.4 Å². The summed E-state index contributed by atoms with van der Waals surface area (Å²) < 4.78 is 8.14. The van der Waals surface area contributed by atoms with Gasteiger partial charge < -0.3 is 14.4 Å². The van der Waals surface area contributed by atoms with Gasteiger partial charge in [-0.05, 0) is 47.2 Å². The number of rotatable bonds is 4. The summed E-state index contributed by atoms with van der Waals surface area (Å²) in [7, 11) is 0. The van der Waals surface area contributed by atoms with Gasteiger partial charge in [0, 0.05) is 38.5 Å². The quantitative estimate of drug-likeness (QED) is 0.222. The minimum Gasteiger partial charge on any atom is -0.506 e. The Morgan fingerprint density at radius 3 is 2.66 bits per heavy atom. The number of hydrogen-bond donors (Lipinski definition) is 1. The first-order valence-corrected chi connectivity index (χ1v) is 11.1. The number of aromatic nitrogens is 4. The van der Waals surface area contributed by atoms with Gasteiger partial charge in [0.1, 0.15) is 17.1 Å². The van der Waals surface area contributed by atoms with Gasteiger partial charge in [0.15, 0.2) is 0 Å². The third-order valence-corrected chi connectivity index (χ3v) is 5.97. The van der Waals surface area contributed by atoms with Crippen LogP contribution in [0.2, 0.25) is 0 Å². The number of nitrogens with zero attached hydrogens (tertiary/aromatic N) is 4. The molecule has 0 aliphatic carbocycles. The van der Waals surface area contributed by atoms with Gasteiger partial charge >= 0.3 is 0 Å². The molecule has 0 bridgehead atoms. The molecule has 0 fully saturated rings. The van der Waals surface area contributed by atoms with Crippen LogP contribution in [-0.4, -0.2) is 24.6 Å². The molecule has 0 spiro atoms. The van der Waals surface area contributed by atoms with E-state index in [1.165, 1.54) is 5.56 Å². The number of phenols is 1. The number of ether oxygens (including phenoxy) is 1. The Labute approximate surface area is 216 Å². The summed E-state index contributed by atoms with van der Waals surface area (Å²) in [6, 6.07) is 24.8. The minimum absolute atomic E-state index is 0. The maximum atomic E-state index is 10.1. The van der Waals surface area contributed by atoms with Crippen LogP contribution < -0.4 is 4.74 Å². The van der Waals surface area contributed by atoms with E-state index in [-0.39, 0.29) is 32.7 Å². The van der Waals surface area contributed by atoms with Crippen LogP contribution in [-0.2, 0) is 21.1 Å². The fourth-order valence-electron chi connectivity index (χ4n) is 4.25. The second kappa shape index (κ2) is 9.12. The summed E-state index contributed by atoms with van der Waals surface area (Å²) in [5, 5.41) is 12.3. The number of aromatic hydroxyl groups is 1. The van der Waals surface area contributed by atoms with Crippen LogP contribution in [0.3, 0.4) is 0 Å². The summed E-state index contributed by atoms with van der Waals surface area (Å²) >= 11 is 0. The molecule has 0 radical (unpaired) electrons. The SMILES string of the molecule is CC(C)c1ccnc(-n2c3[c-]c(Oc4cnc5cccc(O)c5n4)ccc3c3ccccc32)c1.[Pt]. The van der Waals surface area contributed by atoms with Gasteiger partial charge in [0.05, 0.1) is 11.7 Å². The number of para-hydroxylation sites is 2. The minimum atomic E-state index is 0. The summed E-state index contributed by atoms with van der Waals surface area (Å²) in [6.07, 6.45) is 3.39. The Kier molecular flexibility index (Phi) is 5.99. The van der Waals surface area contributed by atoms with Crippen molar-refractivity contribution in [2.75, 3.05) is 0 Å². The van der Waals surface area contributed by atoms with Gasteiger partial charge in [0.25, 0.3) is 0 Å². The molecule has 0 aliphatic rings. The second-order valence-corrected chi connectivity index (χ2v) is 8.49. The van der Waals surface area contributed by atoms with Crippen LogP contribution in [0.4, 0.5) is 0 Å². The normalized spacial score (nSPS) is 11.3. The molecule has 6 aromatic rings. The first-order chi connectivity index (χ1) is 16.6. The van der Waals surface area contributed by atoms with Crippen LogP contribution in [0.1, 0.15) is 25.3 Å². The third kappa shape index (κ3) is 4.04. The zero-order valence-electron chi connectivity index (χ0n) is 19.0. The summed E-state index contributed by atoms with van der Waals surface area (Å²) in [6.45, 7) is 4.34. The average molecular weight is 641 g/mol. The fourth-order valence-corrected chi connectivity index (χ4v) is 4.25. The Morgan fingerprint density at radius 2 is 1.80 bits per heavy atom. The van der Waals surface area contributed by atoms with E-state index in [9.17, 15) is 5.11 Å². The van der Waals surface area contributed by atoms with E-state index < -0.39 is 0 Å². The summed E-state index contributed by atoms with van der Waals surface area (Å²) in [5.41, 5.74) is 4.13. The topological polar surface area (TPSA) is 73.1 Å². The van der Waals surface area contributed by atoms with Crippen molar-refractivity contribution in [3.8, 4) is 23.2 Å². The average Bonchev–Trinajstić information content (AvgIpc) is 3.18. The summed E-state index contributed by atoms with van der Waals surface area (Å²) in [5.74, 6) is 2.07. The van der Waals surface area contributed by atoms with Crippen molar-refractivity contribution in [1.82, 2.24) is 19.5 Å². The van der Waals surface area contributed by atoms with Crippen molar-refractivity contribution >= 4 is 32.8 Å². The van der Waals surface area contributed by atoms with Crippen molar-refractivity contribution in [3.63, 3.8) is 0 Å². The monoisotopic (exact) mass is 640 g/mol. The number of benzene rings is 3. The first-order valence-electron chi connectivity index (χ1n) is 11.1. The molecule has 3 heterocycles. The van der Waals surface area contributed by atoms with Crippen molar-refractivity contribution in [1.29, 1.82) is 0 Å². The zero-order chi connectivity index (χ0) is 23.2. The molecule has 0 amide bonds. The van der Waals surface area contributed by atoms with E-state index in [1.807, 2.05) is 36.5 Å². The molecule has 3 aromatic heterocycles. The van der Waals surface area contributed by atoms with Gasteiger partial charge in [-0.1, -0.05) is 43.6 Å². The molecule has 6 nitrogen and oxygen atoms in total. The Bertz CT molecular complexity index is 1690. The van der Waals surface area contributed by atoms with Gasteiger partial charge in [-0.25, -0.2) is 15.0 Å². The molecule has 6 rings (SSSR count). The Hall–Kier alpha value is -3.76. The molecule has 0 aliphatic heterocycles. The maximum absolute atomic E-state index is 10.1. The standard InChI is InChI=1S/C28H21N4O2.Pt/c1-17(2)18-12-13-29-26(14-18)32-23-8-4-3-6-20(23)21-11-10-19(15-24(21)32)34-27-16-30-22-7-5-9-25(33)28(22)31-27;/h3-14,16-17,33H,1-2H3;/q-1;. The molecular formula is C28H21N4O2Pt-. The second-order valence-electron chi connectivity index (χ2n) is 8.49. The molecule has 0 unspecified atom stereocenters. The van der Waals surface area contributed by atoms with Crippen molar-refractivity contribution < 1.29 is 30.9 Å². The Balaban J connectivity index is 0.00000253. The van der Waals surface area contributed by atoms with Gasteiger partial charge in [-0.2, -0.15) is 6.07 Å². The third-order valence-electron chi connectivity index (χ3n) is 5.97. The van der Waals surface area contributed by atoms with Gasteiger partial charge in [-0.15, -0.1) is 17.5 Å². The fraction of sp³-hybridized carbons (Fsp3) is 0.107. The van der Waals surface area contributed by atoms with Crippen LogP contribution >= 0.6 is 0 Å². The zero-order valence-corrected chi connectivity index (χ0v) is 21.3. The van der Waals surface area contributed by atoms with Gasteiger partial charge in [0.2, 0.25) is 5.88 Å².